The Bertz CT molecular complexity index is 920. The van der Waals surface area contributed by atoms with E-state index in [1.54, 1.807) is 7.11 Å². The SMILES string of the molecule is COCCNC(=O)CCC(=O)Nc1ccc2nc(N3C[C@H](C)C[C@@H](C)C3)cc(C)c2c1. The molecule has 2 atom stereocenters. The maximum atomic E-state index is 12.3. The lowest BCUT2D eigenvalue weighted by Gasteiger charge is -2.36. The number of nitrogens with zero attached hydrogens (tertiary/aromatic N) is 2. The molecule has 0 saturated carbocycles. The summed E-state index contributed by atoms with van der Waals surface area (Å²) in [4.78, 5) is 31.3. The first-order valence-electron chi connectivity index (χ1n) is 11.1. The highest BCUT2D eigenvalue weighted by Gasteiger charge is 2.23. The van der Waals surface area contributed by atoms with Crippen molar-refractivity contribution in [1.82, 2.24) is 10.3 Å². The van der Waals surface area contributed by atoms with Gasteiger partial charge in [0.1, 0.15) is 5.82 Å². The van der Waals surface area contributed by atoms with Crippen molar-refractivity contribution in [3.8, 4) is 0 Å². The second kappa shape index (κ2) is 10.6. The van der Waals surface area contributed by atoms with Crippen LogP contribution in [0.2, 0.25) is 0 Å². The van der Waals surface area contributed by atoms with Crippen molar-refractivity contribution >= 4 is 34.2 Å². The molecule has 0 aliphatic carbocycles. The summed E-state index contributed by atoms with van der Waals surface area (Å²) < 4.78 is 4.89. The van der Waals surface area contributed by atoms with Crippen molar-refractivity contribution in [2.24, 2.45) is 11.8 Å². The summed E-state index contributed by atoms with van der Waals surface area (Å²) in [7, 11) is 1.58. The zero-order valence-electron chi connectivity index (χ0n) is 19.0. The third-order valence-electron chi connectivity index (χ3n) is 5.69. The number of rotatable bonds is 8. The molecule has 7 heteroatoms. The van der Waals surface area contributed by atoms with Crippen LogP contribution in [0.15, 0.2) is 24.3 Å². The minimum absolute atomic E-state index is 0.137. The second-order valence-electron chi connectivity index (χ2n) is 8.77. The lowest BCUT2D eigenvalue weighted by molar-refractivity contribution is -0.124. The molecule has 0 spiro atoms. The fourth-order valence-electron chi connectivity index (χ4n) is 4.30. The summed E-state index contributed by atoms with van der Waals surface area (Å²) in [5, 5.41) is 6.63. The minimum atomic E-state index is -0.181. The van der Waals surface area contributed by atoms with Gasteiger partial charge < -0.3 is 20.3 Å². The molecule has 0 unspecified atom stereocenters. The van der Waals surface area contributed by atoms with Crippen LogP contribution in [0.25, 0.3) is 10.9 Å². The molecule has 0 bridgehead atoms. The van der Waals surface area contributed by atoms with Crippen molar-refractivity contribution < 1.29 is 14.3 Å². The first kappa shape index (κ1) is 23.0. The third kappa shape index (κ3) is 6.40. The van der Waals surface area contributed by atoms with Crippen LogP contribution < -0.4 is 15.5 Å². The van der Waals surface area contributed by atoms with E-state index >= 15 is 0 Å². The van der Waals surface area contributed by atoms with E-state index in [0.29, 0.717) is 25.0 Å². The summed E-state index contributed by atoms with van der Waals surface area (Å²) in [6, 6.07) is 7.93. The van der Waals surface area contributed by atoms with Crippen LogP contribution in [0.3, 0.4) is 0 Å². The molecule has 7 nitrogen and oxygen atoms in total. The molecule has 1 aromatic heterocycles. The van der Waals surface area contributed by atoms with E-state index in [0.717, 1.165) is 41.1 Å². The van der Waals surface area contributed by atoms with Crippen molar-refractivity contribution in [1.29, 1.82) is 0 Å². The first-order valence-corrected chi connectivity index (χ1v) is 11.1. The second-order valence-corrected chi connectivity index (χ2v) is 8.77. The number of hydrogen-bond acceptors (Lipinski definition) is 5. The number of anilines is 2. The molecule has 2 amide bonds. The normalized spacial score (nSPS) is 18.8. The molecular weight excluding hydrogens is 392 g/mol. The Labute approximate surface area is 184 Å². The number of pyridine rings is 1. The molecule has 2 heterocycles. The zero-order chi connectivity index (χ0) is 22.4. The van der Waals surface area contributed by atoms with Gasteiger partial charge in [-0.25, -0.2) is 4.98 Å². The number of benzene rings is 1. The zero-order valence-corrected chi connectivity index (χ0v) is 19.0. The lowest BCUT2D eigenvalue weighted by Crippen LogP contribution is -2.39. The van der Waals surface area contributed by atoms with Crippen molar-refractivity contribution in [3.05, 3.63) is 29.8 Å². The molecule has 31 heavy (non-hydrogen) atoms. The van der Waals surface area contributed by atoms with Gasteiger partial charge in [0.2, 0.25) is 11.8 Å². The molecule has 1 aliphatic heterocycles. The van der Waals surface area contributed by atoms with Crippen LogP contribution in [0.4, 0.5) is 11.5 Å². The summed E-state index contributed by atoms with van der Waals surface area (Å²) in [5.41, 5.74) is 2.78. The monoisotopic (exact) mass is 426 g/mol. The number of carbonyl (C=O) groups is 2. The minimum Gasteiger partial charge on any atom is -0.383 e. The molecule has 2 N–H and O–H groups in total. The standard InChI is InChI=1S/C24H34N4O3/c1-16-11-17(2)15-28(14-16)22-12-18(3)20-13-19(5-6-21(20)27-22)26-24(30)8-7-23(29)25-9-10-31-4/h5-6,12-13,16-17H,7-11,14-15H2,1-4H3,(H,25,29)(H,26,30)/t16-,17-/m1/s1. The van der Waals surface area contributed by atoms with Crippen molar-refractivity contribution in [2.45, 2.75) is 40.0 Å². The molecule has 168 valence electrons. The Morgan fingerprint density at radius 3 is 2.55 bits per heavy atom. The summed E-state index contributed by atoms with van der Waals surface area (Å²) in [6.45, 7) is 9.67. The van der Waals surface area contributed by atoms with E-state index in [1.807, 2.05) is 18.2 Å². The van der Waals surface area contributed by atoms with Gasteiger partial charge >= 0.3 is 0 Å². The fourth-order valence-corrected chi connectivity index (χ4v) is 4.30. The van der Waals surface area contributed by atoms with E-state index in [1.165, 1.54) is 6.42 Å². The van der Waals surface area contributed by atoms with E-state index in [2.05, 4.69) is 42.4 Å². The topological polar surface area (TPSA) is 83.6 Å². The van der Waals surface area contributed by atoms with Gasteiger partial charge in [-0.1, -0.05) is 13.8 Å². The van der Waals surface area contributed by atoms with Crippen LogP contribution in [-0.4, -0.2) is 50.1 Å². The molecular formula is C24H34N4O3. The predicted molar refractivity (Wildman–Crippen MR) is 124 cm³/mol. The number of fused-ring (bicyclic) bond motifs is 1. The van der Waals surface area contributed by atoms with Crippen molar-refractivity contribution in [2.75, 3.05) is 43.6 Å². The number of hydrogen-bond donors (Lipinski definition) is 2. The van der Waals surface area contributed by atoms with Crippen LogP contribution >= 0.6 is 0 Å². The Balaban J connectivity index is 1.64. The number of methoxy groups -OCH3 is 1. The highest BCUT2D eigenvalue weighted by Crippen LogP contribution is 2.29. The van der Waals surface area contributed by atoms with Gasteiger partial charge in [0, 0.05) is 50.7 Å². The van der Waals surface area contributed by atoms with Crippen molar-refractivity contribution in [3.63, 3.8) is 0 Å². The third-order valence-corrected chi connectivity index (χ3v) is 5.69. The fraction of sp³-hybridized carbons (Fsp3) is 0.542. The van der Waals surface area contributed by atoms with Gasteiger partial charge in [0.05, 0.1) is 12.1 Å². The number of piperidine rings is 1. The maximum absolute atomic E-state index is 12.3. The quantitative estimate of drug-likeness (QED) is 0.631. The average Bonchev–Trinajstić information content (AvgIpc) is 2.72. The van der Waals surface area contributed by atoms with E-state index in [-0.39, 0.29) is 24.7 Å². The Hall–Kier alpha value is -2.67. The Morgan fingerprint density at radius 1 is 1.13 bits per heavy atom. The van der Waals surface area contributed by atoms with Gasteiger partial charge in [0.25, 0.3) is 0 Å². The number of ether oxygens (including phenoxy) is 1. The Morgan fingerprint density at radius 2 is 1.84 bits per heavy atom. The average molecular weight is 427 g/mol. The van der Waals surface area contributed by atoms with Crippen LogP contribution in [0, 0.1) is 18.8 Å². The highest BCUT2D eigenvalue weighted by atomic mass is 16.5. The summed E-state index contributed by atoms with van der Waals surface area (Å²) >= 11 is 0. The van der Waals surface area contributed by atoms with Gasteiger partial charge in [-0.3, -0.25) is 9.59 Å². The number of carbonyl (C=O) groups excluding carboxylic acids is 2. The van der Waals surface area contributed by atoms with E-state index in [9.17, 15) is 9.59 Å². The number of aryl methyl sites for hydroxylation is 1. The molecule has 1 aromatic carbocycles. The first-order chi connectivity index (χ1) is 14.9. The van der Waals surface area contributed by atoms with Crippen LogP contribution in [0.1, 0.15) is 38.7 Å². The molecule has 0 radical (unpaired) electrons. The molecule has 3 rings (SSSR count). The largest absolute Gasteiger partial charge is 0.383 e. The summed E-state index contributed by atoms with van der Waals surface area (Å²) in [5.74, 6) is 2.03. The lowest BCUT2D eigenvalue weighted by atomic mass is 9.92. The van der Waals surface area contributed by atoms with Crippen LogP contribution in [0.5, 0.6) is 0 Å². The van der Waals surface area contributed by atoms with Crippen LogP contribution in [-0.2, 0) is 14.3 Å². The molecule has 1 aliphatic rings. The van der Waals surface area contributed by atoms with E-state index < -0.39 is 0 Å². The Kier molecular flexibility index (Phi) is 7.85. The van der Waals surface area contributed by atoms with Gasteiger partial charge in [-0.2, -0.15) is 0 Å². The molecule has 2 aromatic rings. The molecule has 1 saturated heterocycles. The number of aromatic nitrogens is 1. The highest BCUT2D eigenvalue weighted by molar-refractivity contribution is 5.96. The van der Waals surface area contributed by atoms with Gasteiger partial charge in [-0.05, 0) is 55.0 Å². The number of nitrogens with one attached hydrogen (secondary N) is 2. The molecule has 1 fully saturated rings. The van der Waals surface area contributed by atoms with Gasteiger partial charge in [0.15, 0.2) is 0 Å². The van der Waals surface area contributed by atoms with Gasteiger partial charge in [-0.15, -0.1) is 0 Å². The van der Waals surface area contributed by atoms with E-state index in [4.69, 9.17) is 9.72 Å². The summed E-state index contributed by atoms with van der Waals surface area (Å²) in [6.07, 6.45) is 1.55. The number of amides is 2. The maximum Gasteiger partial charge on any atom is 0.224 e. The smallest absolute Gasteiger partial charge is 0.224 e. The predicted octanol–water partition coefficient (Wildman–Crippen LogP) is 3.51.